The maximum absolute atomic E-state index is 12.5. The summed E-state index contributed by atoms with van der Waals surface area (Å²) in [6, 6.07) is 14.6. The number of benzene rings is 2. The lowest BCUT2D eigenvalue weighted by Crippen LogP contribution is -2.59. The van der Waals surface area contributed by atoms with Crippen molar-refractivity contribution in [2.45, 2.75) is 37.1 Å². The fraction of sp³-hybridized carbons (Fsp3) is 0.435. The van der Waals surface area contributed by atoms with Crippen LogP contribution in [0.25, 0.3) is 0 Å². The summed E-state index contributed by atoms with van der Waals surface area (Å²) in [6.07, 6.45) is -5.85. The summed E-state index contributed by atoms with van der Waals surface area (Å²) >= 11 is 0. The molecule has 2 aromatic rings. The molecule has 0 amide bonds. The zero-order valence-electron chi connectivity index (χ0n) is 17.9. The molecule has 3 N–H and O–H groups in total. The van der Waals surface area contributed by atoms with E-state index in [0.29, 0.717) is 18.1 Å². The van der Waals surface area contributed by atoms with Crippen molar-refractivity contribution >= 4 is 5.97 Å². The van der Waals surface area contributed by atoms with Crippen LogP contribution in [-0.4, -0.2) is 79.4 Å². The highest BCUT2D eigenvalue weighted by Gasteiger charge is 2.44. The molecule has 5 atom stereocenters. The summed E-state index contributed by atoms with van der Waals surface area (Å²) in [7, 11) is 2.76. The van der Waals surface area contributed by atoms with Gasteiger partial charge >= 0.3 is 5.97 Å². The lowest BCUT2D eigenvalue weighted by atomic mass is 9.99. The van der Waals surface area contributed by atoms with Gasteiger partial charge in [0.05, 0.1) is 19.3 Å². The average Bonchev–Trinajstić information content (AvgIpc) is 2.82. The summed E-state index contributed by atoms with van der Waals surface area (Å²) in [5.74, 6) is 0.190. The molecule has 174 valence electrons. The summed E-state index contributed by atoms with van der Waals surface area (Å²) in [6.45, 7) is 0.0944. The predicted molar refractivity (Wildman–Crippen MR) is 113 cm³/mol. The third kappa shape index (κ3) is 5.76. The van der Waals surface area contributed by atoms with Crippen molar-refractivity contribution in [3.63, 3.8) is 0 Å². The van der Waals surface area contributed by atoms with Crippen LogP contribution in [0.5, 0.6) is 11.5 Å². The van der Waals surface area contributed by atoms with Gasteiger partial charge in [-0.05, 0) is 23.8 Å². The van der Waals surface area contributed by atoms with Crippen LogP contribution in [-0.2, 0) is 20.6 Å². The van der Waals surface area contributed by atoms with E-state index in [0.717, 1.165) is 12.0 Å². The van der Waals surface area contributed by atoms with Crippen molar-refractivity contribution in [2.75, 3.05) is 27.4 Å². The molecule has 1 saturated heterocycles. The standard InChI is InChI=1S/C23H28O9/c1-28-17-12-15(8-9-16(17)30-11-10-14-6-4-3-5-7-14)22(27)31-13-18-19(24)20(25)21(26)23(29-2)32-18/h3-9,12,18-21,23-26H,10-11,13H2,1-2H3/t18-,19-,20+,21-,23-/m1/s1. The molecule has 0 bridgehead atoms. The number of hydrogen-bond acceptors (Lipinski definition) is 9. The van der Waals surface area contributed by atoms with E-state index < -0.39 is 36.7 Å². The Labute approximate surface area is 186 Å². The third-order valence-corrected chi connectivity index (χ3v) is 5.17. The van der Waals surface area contributed by atoms with Gasteiger partial charge in [0.2, 0.25) is 0 Å². The van der Waals surface area contributed by atoms with Crippen molar-refractivity contribution in [1.82, 2.24) is 0 Å². The number of carbonyl (C=O) groups is 1. The average molecular weight is 448 g/mol. The molecule has 0 unspecified atom stereocenters. The van der Waals surface area contributed by atoms with E-state index in [2.05, 4.69) is 0 Å². The second-order valence-electron chi connectivity index (χ2n) is 7.30. The van der Waals surface area contributed by atoms with Crippen molar-refractivity contribution in [1.29, 1.82) is 0 Å². The van der Waals surface area contributed by atoms with Gasteiger partial charge in [-0.1, -0.05) is 30.3 Å². The molecule has 1 fully saturated rings. The van der Waals surface area contributed by atoms with Gasteiger partial charge in [-0.2, -0.15) is 0 Å². The largest absolute Gasteiger partial charge is 0.493 e. The van der Waals surface area contributed by atoms with Crippen molar-refractivity contribution in [3.8, 4) is 11.5 Å². The van der Waals surface area contributed by atoms with Gasteiger partial charge in [0.1, 0.15) is 31.0 Å². The lowest BCUT2D eigenvalue weighted by Gasteiger charge is -2.39. The number of carbonyl (C=O) groups excluding carboxylic acids is 1. The summed E-state index contributed by atoms with van der Waals surface area (Å²) in [5.41, 5.74) is 1.36. The number of ether oxygens (including phenoxy) is 5. The quantitative estimate of drug-likeness (QED) is 0.481. The molecule has 9 nitrogen and oxygen atoms in total. The number of esters is 1. The monoisotopic (exact) mass is 448 g/mol. The molecule has 0 spiro atoms. The second-order valence-corrected chi connectivity index (χ2v) is 7.30. The predicted octanol–water partition coefficient (Wildman–Crippen LogP) is 0.927. The number of rotatable bonds is 9. The molecular weight excluding hydrogens is 420 g/mol. The smallest absolute Gasteiger partial charge is 0.338 e. The van der Waals surface area contributed by atoms with Crippen LogP contribution in [0.4, 0.5) is 0 Å². The number of hydrogen-bond donors (Lipinski definition) is 3. The molecule has 0 aromatic heterocycles. The second kappa shape index (κ2) is 11.3. The normalized spacial score (nSPS) is 25.2. The topological polar surface area (TPSA) is 124 Å². The van der Waals surface area contributed by atoms with Gasteiger partial charge < -0.3 is 39.0 Å². The fourth-order valence-electron chi connectivity index (χ4n) is 3.33. The van der Waals surface area contributed by atoms with E-state index >= 15 is 0 Å². The Balaban J connectivity index is 1.57. The van der Waals surface area contributed by atoms with Crippen LogP contribution in [0.2, 0.25) is 0 Å². The Morgan fingerprint density at radius 2 is 1.72 bits per heavy atom. The maximum Gasteiger partial charge on any atom is 0.338 e. The van der Waals surface area contributed by atoms with Gasteiger partial charge in [0.15, 0.2) is 17.8 Å². The zero-order chi connectivity index (χ0) is 23.1. The molecule has 0 saturated carbocycles. The SMILES string of the molecule is COc1cc(C(=O)OC[C@H]2O[C@@H](OC)[C@H](O)[C@@H](O)[C@@H]2O)ccc1OCCc1ccccc1. The third-order valence-electron chi connectivity index (χ3n) is 5.17. The van der Waals surface area contributed by atoms with Gasteiger partial charge in [-0.25, -0.2) is 4.79 Å². The highest BCUT2D eigenvalue weighted by atomic mass is 16.7. The zero-order valence-corrected chi connectivity index (χ0v) is 17.9. The molecule has 0 radical (unpaired) electrons. The van der Waals surface area contributed by atoms with Crippen LogP contribution in [0.3, 0.4) is 0 Å². The Kier molecular flexibility index (Phi) is 8.43. The van der Waals surface area contributed by atoms with Crippen molar-refractivity contribution in [3.05, 3.63) is 59.7 Å². The van der Waals surface area contributed by atoms with Crippen LogP contribution < -0.4 is 9.47 Å². The Bertz CT molecular complexity index is 871. The molecule has 0 aliphatic carbocycles. The minimum atomic E-state index is -1.50. The lowest BCUT2D eigenvalue weighted by molar-refractivity contribution is -0.294. The number of methoxy groups -OCH3 is 2. The van der Waals surface area contributed by atoms with E-state index in [9.17, 15) is 20.1 Å². The van der Waals surface area contributed by atoms with Gasteiger partial charge in [0, 0.05) is 13.5 Å². The molecule has 1 heterocycles. The van der Waals surface area contributed by atoms with E-state index in [4.69, 9.17) is 23.7 Å². The Morgan fingerprint density at radius 1 is 0.969 bits per heavy atom. The van der Waals surface area contributed by atoms with E-state index in [-0.39, 0.29) is 12.2 Å². The first-order valence-electron chi connectivity index (χ1n) is 10.2. The molecule has 2 aromatic carbocycles. The molecular formula is C23H28O9. The van der Waals surface area contributed by atoms with Crippen molar-refractivity contribution < 1.29 is 43.8 Å². The molecule has 9 heteroatoms. The minimum Gasteiger partial charge on any atom is -0.493 e. The van der Waals surface area contributed by atoms with Crippen LogP contribution >= 0.6 is 0 Å². The Hall–Kier alpha value is -2.69. The molecule has 1 aliphatic rings. The fourth-order valence-corrected chi connectivity index (χ4v) is 3.33. The Morgan fingerprint density at radius 3 is 2.41 bits per heavy atom. The van der Waals surface area contributed by atoms with Crippen LogP contribution in [0.1, 0.15) is 15.9 Å². The highest BCUT2D eigenvalue weighted by Crippen LogP contribution is 2.29. The number of aliphatic hydroxyl groups excluding tert-OH is 3. The molecule has 32 heavy (non-hydrogen) atoms. The van der Waals surface area contributed by atoms with Gasteiger partial charge in [0.25, 0.3) is 0 Å². The number of aliphatic hydroxyl groups is 3. The van der Waals surface area contributed by atoms with E-state index in [1.165, 1.54) is 26.4 Å². The maximum atomic E-state index is 12.5. The van der Waals surface area contributed by atoms with Crippen LogP contribution in [0.15, 0.2) is 48.5 Å². The minimum absolute atomic E-state index is 0.214. The summed E-state index contributed by atoms with van der Waals surface area (Å²) in [5, 5.41) is 29.8. The van der Waals surface area contributed by atoms with E-state index in [1.54, 1.807) is 6.07 Å². The van der Waals surface area contributed by atoms with Crippen molar-refractivity contribution in [2.24, 2.45) is 0 Å². The first-order chi connectivity index (χ1) is 15.4. The highest BCUT2D eigenvalue weighted by molar-refractivity contribution is 5.90. The van der Waals surface area contributed by atoms with Gasteiger partial charge in [-0.15, -0.1) is 0 Å². The van der Waals surface area contributed by atoms with Crippen LogP contribution in [0, 0.1) is 0 Å². The first-order valence-corrected chi connectivity index (χ1v) is 10.2. The van der Waals surface area contributed by atoms with E-state index in [1.807, 2.05) is 30.3 Å². The summed E-state index contributed by atoms with van der Waals surface area (Å²) in [4.78, 5) is 12.5. The summed E-state index contributed by atoms with van der Waals surface area (Å²) < 4.78 is 26.6. The van der Waals surface area contributed by atoms with Gasteiger partial charge in [-0.3, -0.25) is 0 Å². The molecule has 3 rings (SSSR count). The first kappa shape index (κ1) is 24.0. The molecule has 1 aliphatic heterocycles.